The molecule has 1 aliphatic heterocycles. The molecule has 0 unspecified atom stereocenters. The number of H-pyrrole nitrogens is 1. The van der Waals surface area contributed by atoms with Crippen LogP contribution in [0, 0.1) is 5.92 Å². The number of piperidine rings is 1. The minimum absolute atomic E-state index is 0.436. The fourth-order valence-corrected chi connectivity index (χ4v) is 4.00. The van der Waals surface area contributed by atoms with Crippen LogP contribution < -0.4 is 0 Å². The van der Waals surface area contributed by atoms with Crippen LogP contribution in [0.2, 0.25) is 0 Å². The van der Waals surface area contributed by atoms with Crippen molar-refractivity contribution in [2.24, 2.45) is 5.92 Å². The molecule has 1 saturated heterocycles. The summed E-state index contributed by atoms with van der Waals surface area (Å²) >= 11 is 0. The van der Waals surface area contributed by atoms with Gasteiger partial charge in [0.1, 0.15) is 5.69 Å². The molecule has 0 saturated carbocycles. The molecule has 0 bridgehead atoms. The smallest absolute Gasteiger partial charge is 0.276 e. The summed E-state index contributed by atoms with van der Waals surface area (Å²) < 4.78 is 27.1. The molecule has 130 valence electrons. The maximum atomic E-state index is 12.1. The van der Waals surface area contributed by atoms with Gasteiger partial charge in [0.15, 0.2) is 0 Å². The van der Waals surface area contributed by atoms with E-state index in [0.29, 0.717) is 19.0 Å². The van der Waals surface area contributed by atoms with Crippen LogP contribution >= 0.6 is 0 Å². The van der Waals surface area contributed by atoms with Crippen molar-refractivity contribution in [3.63, 3.8) is 0 Å². The molecule has 0 aromatic carbocycles. The van der Waals surface area contributed by atoms with Crippen molar-refractivity contribution < 1.29 is 8.42 Å². The van der Waals surface area contributed by atoms with Gasteiger partial charge in [-0.25, -0.2) is 0 Å². The van der Waals surface area contributed by atoms with Gasteiger partial charge in [0, 0.05) is 39.6 Å². The van der Waals surface area contributed by atoms with E-state index < -0.39 is 10.2 Å². The Bertz CT molecular complexity index is 750. The van der Waals surface area contributed by atoms with E-state index >= 15 is 0 Å². The van der Waals surface area contributed by atoms with Gasteiger partial charge in [-0.3, -0.25) is 15.1 Å². The first-order valence-electron chi connectivity index (χ1n) is 7.95. The van der Waals surface area contributed by atoms with Gasteiger partial charge >= 0.3 is 0 Å². The summed E-state index contributed by atoms with van der Waals surface area (Å²) in [5, 5.41) is 6.77. The molecule has 0 amide bonds. The third-order valence-electron chi connectivity index (χ3n) is 4.34. The highest BCUT2D eigenvalue weighted by molar-refractivity contribution is 7.86. The first-order chi connectivity index (χ1) is 11.5. The summed E-state index contributed by atoms with van der Waals surface area (Å²) in [6, 6.07) is 1.85. The third-order valence-corrected chi connectivity index (χ3v) is 6.28. The average Bonchev–Trinajstić information content (AvgIpc) is 3.10. The van der Waals surface area contributed by atoms with E-state index in [9.17, 15) is 8.42 Å². The molecule has 8 nitrogen and oxygen atoms in total. The lowest BCUT2D eigenvalue weighted by atomic mass is 9.93. The molecule has 1 fully saturated rings. The van der Waals surface area contributed by atoms with Crippen molar-refractivity contribution in [3.05, 3.63) is 30.4 Å². The molecule has 3 rings (SSSR count). The van der Waals surface area contributed by atoms with E-state index in [-0.39, 0.29) is 0 Å². The molecule has 2 aromatic rings. The van der Waals surface area contributed by atoms with Crippen LogP contribution in [0.4, 0.5) is 0 Å². The molecule has 1 aliphatic rings. The Morgan fingerprint density at radius 2 is 2.00 bits per heavy atom. The van der Waals surface area contributed by atoms with Gasteiger partial charge in [-0.05, 0) is 31.2 Å². The van der Waals surface area contributed by atoms with Gasteiger partial charge in [-0.2, -0.15) is 22.1 Å². The Hall–Kier alpha value is -1.84. The van der Waals surface area contributed by atoms with Crippen LogP contribution in [-0.2, 0) is 16.6 Å². The summed E-state index contributed by atoms with van der Waals surface area (Å²) in [6.45, 7) is 1.12. The Kier molecular flexibility index (Phi) is 4.93. The van der Waals surface area contributed by atoms with E-state index in [4.69, 9.17) is 0 Å². The molecule has 0 spiro atoms. The van der Waals surface area contributed by atoms with E-state index in [1.54, 1.807) is 37.0 Å². The number of aromatic amines is 1. The quantitative estimate of drug-likeness (QED) is 0.865. The Labute approximate surface area is 142 Å². The lowest BCUT2D eigenvalue weighted by Gasteiger charge is -2.32. The molecule has 2 aromatic heterocycles. The maximum absolute atomic E-state index is 12.1. The molecular formula is C15H22N6O2S. The molecule has 3 heterocycles. The van der Waals surface area contributed by atoms with E-state index in [1.807, 2.05) is 6.07 Å². The highest BCUT2D eigenvalue weighted by Gasteiger charge is 2.29. The van der Waals surface area contributed by atoms with Crippen molar-refractivity contribution >= 4 is 10.2 Å². The third kappa shape index (κ3) is 3.63. The minimum atomic E-state index is -3.30. The molecule has 0 aliphatic carbocycles. The topological polar surface area (TPSA) is 95.1 Å². The van der Waals surface area contributed by atoms with Gasteiger partial charge in [0.25, 0.3) is 10.2 Å². The van der Waals surface area contributed by atoms with Gasteiger partial charge in [0.2, 0.25) is 0 Å². The SMILES string of the molecule is CN(C)S(=O)(=O)N1CCC(Cc2cnc(-c3ccn[nH]3)cn2)CC1. The van der Waals surface area contributed by atoms with E-state index in [2.05, 4.69) is 20.2 Å². The summed E-state index contributed by atoms with van der Waals surface area (Å²) in [6.07, 6.45) is 7.73. The zero-order valence-electron chi connectivity index (χ0n) is 13.9. The molecule has 0 atom stereocenters. The van der Waals surface area contributed by atoms with E-state index in [1.165, 1.54) is 4.31 Å². The Balaban J connectivity index is 1.57. The fourth-order valence-electron chi connectivity index (χ4n) is 2.87. The first kappa shape index (κ1) is 17.0. The zero-order chi connectivity index (χ0) is 17.2. The van der Waals surface area contributed by atoms with Crippen molar-refractivity contribution in [2.75, 3.05) is 27.2 Å². The van der Waals surface area contributed by atoms with Crippen molar-refractivity contribution in [1.29, 1.82) is 0 Å². The monoisotopic (exact) mass is 350 g/mol. The summed E-state index contributed by atoms with van der Waals surface area (Å²) in [4.78, 5) is 8.89. The molecule has 9 heteroatoms. The number of aromatic nitrogens is 4. The van der Waals surface area contributed by atoms with Gasteiger partial charge < -0.3 is 0 Å². The molecule has 24 heavy (non-hydrogen) atoms. The average molecular weight is 350 g/mol. The minimum Gasteiger partial charge on any atom is -0.276 e. The number of hydrogen-bond donors (Lipinski definition) is 1. The lowest BCUT2D eigenvalue weighted by molar-refractivity contribution is 0.261. The van der Waals surface area contributed by atoms with E-state index in [0.717, 1.165) is 36.3 Å². The van der Waals surface area contributed by atoms with Gasteiger partial charge in [-0.1, -0.05) is 0 Å². The van der Waals surface area contributed by atoms with Crippen LogP contribution in [0.25, 0.3) is 11.4 Å². The number of rotatable bonds is 5. The standard InChI is InChI=1S/C15H22N6O2S/c1-20(2)24(22,23)21-7-4-12(5-8-21)9-13-10-17-15(11-16-13)14-3-6-18-19-14/h3,6,10-12H,4-5,7-9H2,1-2H3,(H,18,19). The van der Waals surface area contributed by atoms with Crippen LogP contribution in [0.5, 0.6) is 0 Å². The van der Waals surface area contributed by atoms with Crippen LogP contribution in [-0.4, -0.2) is 64.4 Å². The summed E-state index contributed by atoms with van der Waals surface area (Å²) in [5.41, 5.74) is 2.55. The highest BCUT2D eigenvalue weighted by Crippen LogP contribution is 2.23. The number of nitrogens with zero attached hydrogens (tertiary/aromatic N) is 5. The van der Waals surface area contributed by atoms with Crippen LogP contribution in [0.15, 0.2) is 24.7 Å². The lowest BCUT2D eigenvalue weighted by Crippen LogP contribution is -2.44. The molecule has 1 N–H and O–H groups in total. The first-order valence-corrected chi connectivity index (χ1v) is 9.35. The second kappa shape index (κ2) is 6.96. The summed E-state index contributed by atoms with van der Waals surface area (Å²) in [7, 11) is -0.162. The highest BCUT2D eigenvalue weighted by atomic mass is 32.2. The van der Waals surface area contributed by atoms with Crippen LogP contribution in [0.3, 0.4) is 0 Å². The van der Waals surface area contributed by atoms with Crippen LogP contribution in [0.1, 0.15) is 18.5 Å². The fraction of sp³-hybridized carbons (Fsp3) is 0.533. The summed E-state index contributed by atoms with van der Waals surface area (Å²) in [5.74, 6) is 0.436. The predicted octanol–water partition coefficient (Wildman–Crippen LogP) is 0.928. The van der Waals surface area contributed by atoms with Crippen molar-refractivity contribution in [1.82, 2.24) is 28.8 Å². The predicted molar refractivity (Wildman–Crippen MR) is 90.2 cm³/mol. The second-order valence-electron chi connectivity index (χ2n) is 6.20. The second-order valence-corrected chi connectivity index (χ2v) is 8.34. The molecule has 0 radical (unpaired) electrons. The normalized spacial score (nSPS) is 17.5. The molecular weight excluding hydrogens is 328 g/mol. The Morgan fingerprint density at radius 3 is 2.54 bits per heavy atom. The van der Waals surface area contributed by atoms with Gasteiger partial charge in [0.05, 0.1) is 17.6 Å². The number of hydrogen-bond acceptors (Lipinski definition) is 5. The largest absolute Gasteiger partial charge is 0.281 e. The maximum Gasteiger partial charge on any atom is 0.281 e. The van der Waals surface area contributed by atoms with Gasteiger partial charge in [-0.15, -0.1) is 0 Å². The zero-order valence-corrected chi connectivity index (χ0v) is 14.7. The number of nitrogens with one attached hydrogen (secondary N) is 1. The van der Waals surface area contributed by atoms with Crippen molar-refractivity contribution in [2.45, 2.75) is 19.3 Å². The Morgan fingerprint density at radius 1 is 1.25 bits per heavy atom. The van der Waals surface area contributed by atoms with Crippen molar-refractivity contribution in [3.8, 4) is 11.4 Å².